The van der Waals surface area contributed by atoms with Crippen molar-refractivity contribution in [3.05, 3.63) is 59.7 Å². The summed E-state index contributed by atoms with van der Waals surface area (Å²) in [6.45, 7) is 4.58. The van der Waals surface area contributed by atoms with Gasteiger partial charge in [0.1, 0.15) is 0 Å². The van der Waals surface area contributed by atoms with Gasteiger partial charge >= 0.3 is 5.97 Å². The highest BCUT2D eigenvalue weighted by molar-refractivity contribution is 5.97. The Kier molecular flexibility index (Phi) is 6.39. The fourth-order valence-electron chi connectivity index (χ4n) is 2.34. The Labute approximate surface area is 146 Å². The van der Waals surface area contributed by atoms with Crippen molar-refractivity contribution in [2.24, 2.45) is 0 Å². The lowest BCUT2D eigenvalue weighted by Gasteiger charge is -2.16. The molecule has 0 heterocycles. The number of ether oxygens (including phenoxy) is 2. The van der Waals surface area contributed by atoms with Crippen molar-refractivity contribution < 1.29 is 24.2 Å². The fourth-order valence-corrected chi connectivity index (χ4v) is 2.34. The van der Waals surface area contributed by atoms with E-state index in [9.17, 15) is 14.7 Å². The smallest absolute Gasteiger partial charge is 0.330 e. The third-order valence-corrected chi connectivity index (χ3v) is 3.46. The normalized spacial score (nSPS) is 11.4. The predicted octanol–water partition coefficient (Wildman–Crippen LogP) is 3.04. The Morgan fingerprint density at radius 3 is 2.24 bits per heavy atom. The van der Waals surface area contributed by atoms with Crippen molar-refractivity contribution in [2.75, 3.05) is 13.2 Å². The zero-order valence-corrected chi connectivity index (χ0v) is 14.2. The summed E-state index contributed by atoms with van der Waals surface area (Å²) in [7, 11) is 0. The van der Waals surface area contributed by atoms with E-state index in [1.54, 1.807) is 48.5 Å². The molecule has 0 spiro atoms. The standard InChI is InChI=1S/C19H21NO5/c1-3-24-15-11-10-14(12-16(15)25-4-2)18(21)20-17(19(22)23)13-8-6-5-7-9-13/h5-12,17H,3-4H2,1-2H3,(H,20,21)(H,22,23). The van der Waals surface area contributed by atoms with Crippen LogP contribution >= 0.6 is 0 Å². The molecule has 25 heavy (non-hydrogen) atoms. The Morgan fingerprint density at radius 1 is 1.00 bits per heavy atom. The summed E-state index contributed by atoms with van der Waals surface area (Å²) in [6, 6.07) is 12.2. The van der Waals surface area contributed by atoms with E-state index in [0.717, 1.165) is 0 Å². The molecule has 0 aliphatic rings. The maximum atomic E-state index is 12.5. The SMILES string of the molecule is CCOc1ccc(C(=O)NC(C(=O)O)c2ccccc2)cc1OCC. The number of carbonyl (C=O) groups excluding carboxylic acids is 1. The van der Waals surface area contributed by atoms with E-state index in [2.05, 4.69) is 5.32 Å². The lowest BCUT2D eigenvalue weighted by atomic mass is 10.1. The van der Waals surface area contributed by atoms with Gasteiger partial charge in [0.2, 0.25) is 0 Å². The van der Waals surface area contributed by atoms with Crippen LogP contribution in [0.2, 0.25) is 0 Å². The average molecular weight is 343 g/mol. The van der Waals surface area contributed by atoms with Gasteiger partial charge in [0, 0.05) is 5.56 Å². The summed E-state index contributed by atoms with van der Waals surface area (Å²) in [5, 5.41) is 12.0. The van der Waals surface area contributed by atoms with Crippen molar-refractivity contribution in [2.45, 2.75) is 19.9 Å². The molecule has 0 saturated heterocycles. The molecule has 0 aromatic heterocycles. The molecule has 0 bridgehead atoms. The number of hydrogen-bond acceptors (Lipinski definition) is 4. The van der Waals surface area contributed by atoms with Crippen LogP contribution in [0.5, 0.6) is 11.5 Å². The average Bonchev–Trinajstić information content (AvgIpc) is 2.61. The lowest BCUT2D eigenvalue weighted by Crippen LogP contribution is -2.33. The van der Waals surface area contributed by atoms with Crippen LogP contribution in [0.1, 0.15) is 35.8 Å². The molecule has 1 unspecified atom stereocenters. The van der Waals surface area contributed by atoms with Crippen LogP contribution in [-0.2, 0) is 4.79 Å². The Balaban J connectivity index is 2.24. The van der Waals surface area contributed by atoms with E-state index in [1.165, 1.54) is 0 Å². The number of nitrogens with one attached hydrogen (secondary N) is 1. The number of carboxylic acid groups (broad SMARTS) is 1. The molecule has 132 valence electrons. The largest absolute Gasteiger partial charge is 0.490 e. The van der Waals surface area contributed by atoms with Crippen LogP contribution in [0.4, 0.5) is 0 Å². The number of aliphatic carboxylic acids is 1. The van der Waals surface area contributed by atoms with E-state index in [-0.39, 0.29) is 0 Å². The summed E-state index contributed by atoms with van der Waals surface area (Å²) in [6.07, 6.45) is 0. The first-order chi connectivity index (χ1) is 12.1. The number of hydrogen-bond donors (Lipinski definition) is 2. The summed E-state index contributed by atoms with van der Waals surface area (Å²) < 4.78 is 11.0. The van der Waals surface area contributed by atoms with Gasteiger partial charge in [0.05, 0.1) is 13.2 Å². The summed E-state index contributed by atoms with van der Waals surface area (Å²) in [5.41, 5.74) is 0.799. The fraction of sp³-hybridized carbons (Fsp3) is 0.263. The third kappa shape index (κ3) is 4.73. The lowest BCUT2D eigenvalue weighted by molar-refractivity contribution is -0.139. The number of rotatable bonds is 8. The Hall–Kier alpha value is -3.02. The van der Waals surface area contributed by atoms with Crippen molar-refractivity contribution in [3.63, 3.8) is 0 Å². The minimum absolute atomic E-state index is 0.300. The molecule has 0 saturated carbocycles. The second-order valence-corrected chi connectivity index (χ2v) is 5.18. The molecule has 2 aromatic rings. The molecular weight excluding hydrogens is 322 g/mol. The number of amides is 1. The molecule has 2 aromatic carbocycles. The van der Waals surface area contributed by atoms with Gasteiger partial charge in [0.25, 0.3) is 5.91 Å². The molecule has 0 aliphatic carbocycles. The number of carboxylic acids is 1. The van der Waals surface area contributed by atoms with Crippen molar-refractivity contribution in [1.82, 2.24) is 5.32 Å². The molecule has 1 amide bonds. The van der Waals surface area contributed by atoms with Crippen molar-refractivity contribution in [1.29, 1.82) is 0 Å². The topological polar surface area (TPSA) is 84.9 Å². The molecule has 2 rings (SSSR count). The van der Waals surface area contributed by atoms with E-state index < -0.39 is 17.9 Å². The first-order valence-electron chi connectivity index (χ1n) is 8.05. The van der Waals surface area contributed by atoms with Gasteiger partial charge in [-0.15, -0.1) is 0 Å². The quantitative estimate of drug-likeness (QED) is 0.769. The van der Waals surface area contributed by atoms with Crippen LogP contribution in [0.3, 0.4) is 0 Å². The van der Waals surface area contributed by atoms with Gasteiger partial charge in [-0.1, -0.05) is 30.3 Å². The van der Waals surface area contributed by atoms with Gasteiger partial charge in [0.15, 0.2) is 17.5 Å². The maximum absolute atomic E-state index is 12.5. The molecule has 0 aliphatic heterocycles. The Morgan fingerprint density at radius 2 is 1.64 bits per heavy atom. The van der Waals surface area contributed by atoms with Gasteiger partial charge < -0.3 is 19.9 Å². The van der Waals surface area contributed by atoms with Crippen LogP contribution in [0, 0.1) is 0 Å². The van der Waals surface area contributed by atoms with Crippen LogP contribution in [0.25, 0.3) is 0 Å². The predicted molar refractivity (Wildman–Crippen MR) is 93.1 cm³/mol. The van der Waals surface area contributed by atoms with E-state index in [4.69, 9.17) is 9.47 Å². The van der Waals surface area contributed by atoms with Crippen LogP contribution in [0.15, 0.2) is 48.5 Å². The molecule has 6 heteroatoms. The number of benzene rings is 2. The van der Waals surface area contributed by atoms with E-state index in [0.29, 0.717) is 35.8 Å². The second kappa shape index (κ2) is 8.73. The van der Waals surface area contributed by atoms with Crippen molar-refractivity contribution >= 4 is 11.9 Å². The minimum atomic E-state index is -1.13. The van der Waals surface area contributed by atoms with Gasteiger partial charge in [-0.25, -0.2) is 4.79 Å². The second-order valence-electron chi connectivity index (χ2n) is 5.18. The third-order valence-electron chi connectivity index (χ3n) is 3.46. The molecule has 6 nitrogen and oxygen atoms in total. The minimum Gasteiger partial charge on any atom is -0.490 e. The number of carbonyl (C=O) groups is 2. The van der Waals surface area contributed by atoms with Gasteiger partial charge in [-0.3, -0.25) is 4.79 Å². The first-order valence-corrected chi connectivity index (χ1v) is 8.05. The Bertz CT molecular complexity index is 730. The molecule has 1 atom stereocenters. The van der Waals surface area contributed by atoms with E-state index >= 15 is 0 Å². The maximum Gasteiger partial charge on any atom is 0.330 e. The molecule has 2 N–H and O–H groups in total. The highest BCUT2D eigenvalue weighted by atomic mass is 16.5. The van der Waals surface area contributed by atoms with Gasteiger partial charge in [-0.2, -0.15) is 0 Å². The van der Waals surface area contributed by atoms with Crippen LogP contribution in [-0.4, -0.2) is 30.2 Å². The zero-order chi connectivity index (χ0) is 18.2. The summed E-state index contributed by atoms with van der Waals surface area (Å²) in [4.78, 5) is 24.0. The molecule has 0 radical (unpaired) electrons. The van der Waals surface area contributed by atoms with Crippen LogP contribution < -0.4 is 14.8 Å². The molecule has 0 fully saturated rings. The monoisotopic (exact) mass is 343 g/mol. The van der Waals surface area contributed by atoms with Crippen molar-refractivity contribution in [3.8, 4) is 11.5 Å². The summed E-state index contributed by atoms with van der Waals surface area (Å²) in [5.74, 6) is -0.641. The highest BCUT2D eigenvalue weighted by Gasteiger charge is 2.23. The summed E-state index contributed by atoms with van der Waals surface area (Å²) >= 11 is 0. The zero-order valence-electron chi connectivity index (χ0n) is 14.2. The highest BCUT2D eigenvalue weighted by Crippen LogP contribution is 2.28. The first kappa shape index (κ1) is 18.3. The van der Waals surface area contributed by atoms with E-state index in [1.807, 2.05) is 13.8 Å². The van der Waals surface area contributed by atoms with Gasteiger partial charge in [-0.05, 0) is 37.6 Å². The molecular formula is C19H21NO5.